The molecule has 2 aliphatic rings. The summed E-state index contributed by atoms with van der Waals surface area (Å²) in [5, 5.41) is 2.94. The number of ether oxygens (including phenoxy) is 1. The van der Waals surface area contributed by atoms with Gasteiger partial charge in [-0.15, -0.1) is 11.8 Å². The van der Waals surface area contributed by atoms with E-state index in [0.717, 1.165) is 17.7 Å². The molecule has 5 nitrogen and oxygen atoms in total. The summed E-state index contributed by atoms with van der Waals surface area (Å²) in [4.78, 5) is 26.1. The first-order valence-electron chi connectivity index (χ1n) is 7.40. The van der Waals surface area contributed by atoms with Gasteiger partial charge in [0.25, 0.3) is 0 Å². The molecule has 0 spiro atoms. The standard InChI is InChI=1S/C16H20N2O3S/c1-16-8-7-14(19)18(16)13(10-22-16)15(20)17-9-11-3-5-12(21-2)6-4-11/h3-6,13H,7-10H2,1-2H3,(H,17,20). The predicted octanol–water partition coefficient (Wildman–Crippen LogP) is 1.77. The van der Waals surface area contributed by atoms with E-state index in [0.29, 0.717) is 18.7 Å². The molecule has 2 saturated heterocycles. The molecule has 0 aromatic heterocycles. The molecule has 0 radical (unpaired) electrons. The lowest BCUT2D eigenvalue weighted by Crippen LogP contribution is -2.49. The van der Waals surface area contributed by atoms with Crippen LogP contribution in [0.1, 0.15) is 25.3 Å². The van der Waals surface area contributed by atoms with E-state index in [4.69, 9.17) is 4.74 Å². The summed E-state index contributed by atoms with van der Waals surface area (Å²) in [5.74, 6) is 1.50. The van der Waals surface area contributed by atoms with Crippen molar-refractivity contribution in [3.05, 3.63) is 29.8 Å². The molecule has 1 aromatic carbocycles. The van der Waals surface area contributed by atoms with Gasteiger partial charge in [-0.25, -0.2) is 0 Å². The van der Waals surface area contributed by atoms with Crippen molar-refractivity contribution in [1.82, 2.24) is 10.2 Å². The topological polar surface area (TPSA) is 58.6 Å². The zero-order valence-corrected chi connectivity index (χ0v) is 13.6. The van der Waals surface area contributed by atoms with Crippen molar-refractivity contribution >= 4 is 23.6 Å². The fraction of sp³-hybridized carbons (Fsp3) is 0.500. The average Bonchev–Trinajstić information content (AvgIpc) is 3.02. The zero-order chi connectivity index (χ0) is 15.7. The van der Waals surface area contributed by atoms with Gasteiger partial charge in [-0.1, -0.05) is 12.1 Å². The van der Waals surface area contributed by atoms with E-state index in [9.17, 15) is 9.59 Å². The molecule has 2 aliphatic heterocycles. The van der Waals surface area contributed by atoms with Crippen molar-refractivity contribution in [3.63, 3.8) is 0 Å². The van der Waals surface area contributed by atoms with Crippen LogP contribution in [0.2, 0.25) is 0 Å². The molecule has 2 amide bonds. The molecule has 2 atom stereocenters. The number of fused-ring (bicyclic) bond motifs is 1. The van der Waals surface area contributed by atoms with Gasteiger partial charge in [0.2, 0.25) is 11.8 Å². The van der Waals surface area contributed by atoms with Crippen LogP contribution in [0.5, 0.6) is 5.75 Å². The Labute approximate surface area is 134 Å². The average molecular weight is 320 g/mol. The normalized spacial score (nSPS) is 26.9. The molecule has 2 fully saturated rings. The van der Waals surface area contributed by atoms with Crippen LogP contribution in [0, 0.1) is 0 Å². The molecule has 0 bridgehead atoms. The third kappa shape index (κ3) is 2.67. The number of carbonyl (C=O) groups is 2. The fourth-order valence-electron chi connectivity index (χ4n) is 3.07. The maximum atomic E-state index is 12.4. The lowest BCUT2D eigenvalue weighted by Gasteiger charge is -2.29. The first-order valence-corrected chi connectivity index (χ1v) is 8.39. The predicted molar refractivity (Wildman–Crippen MR) is 85.6 cm³/mol. The summed E-state index contributed by atoms with van der Waals surface area (Å²) in [5.41, 5.74) is 1.01. The van der Waals surface area contributed by atoms with Gasteiger partial charge in [0.05, 0.1) is 12.0 Å². The molecule has 0 aliphatic carbocycles. The van der Waals surface area contributed by atoms with Gasteiger partial charge >= 0.3 is 0 Å². The summed E-state index contributed by atoms with van der Waals surface area (Å²) in [6.07, 6.45) is 1.38. The van der Waals surface area contributed by atoms with Crippen LogP contribution in [0.25, 0.3) is 0 Å². The number of nitrogens with zero attached hydrogens (tertiary/aromatic N) is 1. The second-order valence-electron chi connectivity index (χ2n) is 5.83. The minimum atomic E-state index is -0.344. The summed E-state index contributed by atoms with van der Waals surface area (Å²) in [6, 6.07) is 7.24. The van der Waals surface area contributed by atoms with Gasteiger partial charge in [0.1, 0.15) is 11.8 Å². The number of carbonyl (C=O) groups excluding carboxylic acids is 2. The molecular weight excluding hydrogens is 300 g/mol. The number of nitrogens with one attached hydrogen (secondary N) is 1. The Morgan fingerprint density at radius 3 is 2.86 bits per heavy atom. The van der Waals surface area contributed by atoms with Crippen molar-refractivity contribution in [2.45, 2.75) is 37.2 Å². The Morgan fingerprint density at radius 1 is 1.45 bits per heavy atom. The van der Waals surface area contributed by atoms with Crippen molar-refractivity contribution in [1.29, 1.82) is 0 Å². The van der Waals surface area contributed by atoms with Crippen LogP contribution in [0.4, 0.5) is 0 Å². The van der Waals surface area contributed by atoms with Gasteiger partial charge < -0.3 is 15.0 Å². The van der Waals surface area contributed by atoms with Crippen LogP contribution >= 0.6 is 11.8 Å². The molecule has 2 unspecified atom stereocenters. The second kappa shape index (κ2) is 5.83. The quantitative estimate of drug-likeness (QED) is 0.918. The molecule has 6 heteroatoms. The van der Waals surface area contributed by atoms with Gasteiger partial charge in [0, 0.05) is 18.7 Å². The van der Waals surface area contributed by atoms with Crippen LogP contribution in [-0.2, 0) is 16.1 Å². The van der Waals surface area contributed by atoms with E-state index >= 15 is 0 Å². The van der Waals surface area contributed by atoms with E-state index < -0.39 is 0 Å². The Bertz CT molecular complexity index is 590. The van der Waals surface area contributed by atoms with Gasteiger partial charge in [-0.3, -0.25) is 9.59 Å². The highest BCUT2D eigenvalue weighted by Crippen LogP contribution is 2.47. The summed E-state index contributed by atoms with van der Waals surface area (Å²) >= 11 is 1.71. The van der Waals surface area contributed by atoms with E-state index in [2.05, 4.69) is 12.2 Å². The maximum absolute atomic E-state index is 12.4. The number of methoxy groups -OCH3 is 1. The second-order valence-corrected chi connectivity index (χ2v) is 7.33. The number of amides is 2. The van der Waals surface area contributed by atoms with Crippen LogP contribution < -0.4 is 10.1 Å². The maximum Gasteiger partial charge on any atom is 0.243 e. The SMILES string of the molecule is COc1ccc(CNC(=O)C2CSC3(C)CCC(=O)N23)cc1. The number of hydrogen-bond acceptors (Lipinski definition) is 4. The van der Waals surface area contributed by atoms with Crippen LogP contribution in [0.3, 0.4) is 0 Å². The molecule has 1 N–H and O–H groups in total. The Kier molecular flexibility index (Phi) is 4.04. The molecular formula is C16H20N2O3S. The highest BCUT2D eigenvalue weighted by atomic mass is 32.2. The van der Waals surface area contributed by atoms with Crippen molar-refractivity contribution in [2.24, 2.45) is 0 Å². The lowest BCUT2D eigenvalue weighted by atomic mass is 10.2. The fourth-order valence-corrected chi connectivity index (χ4v) is 4.50. The Balaban J connectivity index is 1.61. The first kappa shape index (κ1) is 15.2. The lowest BCUT2D eigenvalue weighted by molar-refractivity contribution is -0.138. The van der Waals surface area contributed by atoms with Crippen molar-refractivity contribution in [3.8, 4) is 5.75 Å². The molecule has 1 aromatic rings. The summed E-state index contributed by atoms with van der Waals surface area (Å²) < 4.78 is 5.11. The first-order chi connectivity index (χ1) is 10.5. The summed E-state index contributed by atoms with van der Waals surface area (Å²) in [6.45, 7) is 2.52. The van der Waals surface area contributed by atoms with E-state index in [1.165, 1.54) is 0 Å². The van der Waals surface area contributed by atoms with Gasteiger partial charge in [0.15, 0.2) is 0 Å². The van der Waals surface area contributed by atoms with Crippen molar-refractivity contribution in [2.75, 3.05) is 12.9 Å². The van der Waals surface area contributed by atoms with Crippen LogP contribution in [0.15, 0.2) is 24.3 Å². The minimum absolute atomic E-state index is 0.0673. The van der Waals surface area contributed by atoms with E-state index in [1.54, 1.807) is 23.8 Å². The molecule has 0 saturated carbocycles. The molecule has 22 heavy (non-hydrogen) atoms. The monoisotopic (exact) mass is 320 g/mol. The number of hydrogen-bond donors (Lipinski definition) is 1. The molecule has 2 heterocycles. The van der Waals surface area contributed by atoms with E-state index in [1.807, 2.05) is 24.3 Å². The third-order valence-electron chi connectivity index (χ3n) is 4.37. The van der Waals surface area contributed by atoms with Gasteiger partial charge in [-0.05, 0) is 31.0 Å². The molecule has 3 rings (SSSR count). The zero-order valence-electron chi connectivity index (χ0n) is 12.8. The highest BCUT2D eigenvalue weighted by molar-refractivity contribution is 8.01. The largest absolute Gasteiger partial charge is 0.497 e. The number of thioether (sulfide) groups is 1. The smallest absolute Gasteiger partial charge is 0.243 e. The summed E-state index contributed by atoms with van der Waals surface area (Å²) in [7, 11) is 1.62. The van der Waals surface area contributed by atoms with Crippen molar-refractivity contribution < 1.29 is 14.3 Å². The third-order valence-corrected chi connectivity index (χ3v) is 5.88. The Morgan fingerprint density at radius 2 is 2.18 bits per heavy atom. The molecule has 118 valence electrons. The van der Waals surface area contributed by atoms with Crippen LogP contribution in [-0.4, -0.2) is 40.5 Å². The van der Waals surface area contributed by atoms with Gasteiger partial charge in [-0.2, -0.15) is 0 Å². The minimum Gasteiger partial charge on any atom is -0.497 e. The highest BCUT2D eigenvalue weighted by Gasteiger charge is 2.52. The number of benzene rings is 1. The Hall–Kier alpha value is -1.69. The number of rotatable bonds is 4. The van der Waals surface area contributed by atoms with E-state index in [-0.39, 0.29) is 22.7 Å².